The number of amides is 2. The molecule has 0 aromatic heterocycles. The highest BCUT2D eigenvalue weighted by Crippen LogP contribution is 2.47. The first-order chi connectivity index (χ1) is 13.1. The summed E-state index contributed by atoms with van der Waals surface area (Å²) < 4.78 is 0. The summed E-state index contributed by atoms with van der Waals surface area (Å²) in [7, 11) is 0. The molecule has 0 spiro atoms. The first-order valence-electron chi connectivity index (χ1n) is 10.5. The highest BCUT2D eigenvalue weighted by Gasteiger charge is 2.49. The van der Waals surface area contributed by atoms with Gasteiger partial charge in [-0.15, -0.1) is 12.4 Å². The van der Waals surface area contributed by atoms with E-state index in [0.717, 1.165) is 51.6 Å². The van der Waals surface area contributed by atoms with Gasteiger partial charge in [-0.25, -0.2) is 0 Å². The van der Waals surface area contributed by atoms with Gasteiger partial charge in [0, 0.05) is 19.1 Å². The van der Waals surface area contributed by atoms with Gasteiger partial charge in [-0.1, -0.05) is 30.3 Å². The number of nitrogens with one attached hydrogen (secondary N) is 1. The number of likely N-dealkylation sites (tertiary alicyclic amines) is 1. The highest BCUT2D eigenvalue weighted by molar-refractivity contribution is 5.86. The molecule has 1 heterocycles. The first-order valence-corrected chi connectivity index (χ1v) is 10.5. The Hall–Kier alpha value is -1.59. The molecule has 1 saturated heterocycles. The van der Waals surface area contributed by atoms with Gasteiger partial charge >= 0.3 is 0 Å². The van der Waals surface area contributed by atoms with Crippen LogP contribution in [0.1, 0.15) is 37.7 Å². The van der Waals surface area contributed by atoms with E-state index in [1.54, 1.807) is 0 Å². The molecular formula is C22H32ClN3O2. The Morgan fingerprint density at radius 2 is 1.71 bits per heavy atom. The lowest BCUT2D eigenvalue weighted by molar-refractivity contribution is -0.135. The summed E-state index contributed by atoms with van der Waals surface area (Å²) in [6.07, 6.45) is 6.51. The van der Waals surface area contributed by atoms with E-state index in [9.17, 15) is 9.59 Å². The lowest BCUT2D eigenvalue weighted by atomic mass is 9.84. The van der Waals surface area contributed by atoms with Crippen LogP contribution in [0.5, 0.6) is 0 Å². The third-order valence-electron chi connectivity index (χ3n) is 7.03. The molecule has 3 aliphatic rings. The molecule has 2 amide bonds. The molecule has 1 aliphatic heterocycles. The molecule has 3 fully saturated rings. The van der Waals surface area contributed by atoms with Gasteiger partial charge in [-0.2, -0.15) is 0 Å². The summed E-state index contributed by atoms with van der Waals surface area (Å²) in [6.45, 7) is 1.70. The molecule has 2 bridgehead atoms. The van der Waals surface area contributed by atoms with Gasteiger partial charge in [0.2, 0.25) is 11.8 Å². The average molecular weight is 406 g/mol. The van der Waals surface area contributed by atoms with Crippen molar-refractivity contribution < 1.29 is 9.59 Å². The molecule has 3 N–H and O–H groups in total. The Labute approximate surface area is 173 Å². The summed E-state index contributed by atoms with van der Waals surface area (Å²) in [5.41, 5.74) is 7.61. The van der Waals surface area contributed by atoms with Crippen LogP contribution in [0.25, 0.3) is 0 Å². The third-order valence-corrected chi connectivity index (χ3v) is 7.03. The molecule has 4 rings (SSSR count). The number of carbonyl (C=O) groups is 2. The molecule has 1 aromatic carbocycles. The van der Waals surface area contributed by atoms with Crippen molar-refractivity contribution >= 4 is 24.2 Å². The number of benzene rings is 1. The number of hydrogen-bond acceptors (Lipinski definition) is 3. The monoisotopic (exact) mass is 405 g/mol. The Balaban J connectivity index is 0.00000225. The van der Waals surface area contributed by atoms with Gasteiger partial charge in [0.05, 0.1) is 12.5 Å². The number of rotatable bonds is 5. The zero-order chi connectivity index (χ0) is 18.8. The van der Waals surface area contributed by atoms with Crippen molar-refractivity contribution in [1.29, 1.82) is 0 Å². The Morgan fingerprint density at radius 3 is 2.36 bits per heavy atom. The van der Waals surface area contributed by atoms with E-state index in [1.165, 1.54) is 5.56 Å². The Morgan fingerprint density at radius 1 is 1.04 bits per heavy atom. The van der Waals surface area contributed by atoms with Crippen LogP contribution in [-0.2, 0) is 16.0 Å². The van der Waals surface area contributed by atoms with Crippen LogP contribution in [0.4, 0.5) is 0 Å². The number of nitrogens with two attached hydrogens (primary N) is 1. The summed E-state index contributed by atoms with van der Waals surface area (Å²) in [6, 6.07) is 10.5. The molecule has 0 radical (unpaired) electrons. The minimum Gasteiger partial charge on any atom is -0.347 e. The molecule has 4 unspecified atom stereocenters. The molecular weight excluding hydrogens is 374 g/mol. The molecule has 154 valence electrons. The molecule has 1 aromatic rings. The summed E-state index contributed by atoms with van der Waals surface area (Å²) >= 11 is 0. The van der Waals surface area contributed by atoms with Crippen LogP contribution in [-0.4, -0.2) is 42.4 Å². The van der Waals surface area contributed by atoms with E-state index >= 15 is 0 Å². The molecule has 4 atom stereocenters. The van der Waals surface area contributed by atoms with Crippen molar-refractivity contribution in [1.82, 2.24) is 10.2 Å². The zero-order valence-corrected chi connectivity index (χ0v) is 17.2. The van der Waals surface area contributed by atoms with E-state index in [0.29, 0.717) is 17.8 Å². The first kappa shape index (κ1) is 21.1. The fourth-order valence-corrected chi connectivity index (χ4v) is 5.45. The van der Waals surface area contributed by atoms with Crippen molar-refractivity contribution in [3.63, 3.8) is 0 Å². The van der Waals surface area contributed by atoms with Crippen molar-refractivity contribution in [3.05, 3.63) is 35.9 Å². The van der Waals surface area contributed by atoms with E-state index in [4.69, 9.17) is 5.73 Å². The van der Waals surface area contributed by atoms with Gasteiger partial charge in [-0.05, 0) is 61.8 Å². The van der Waals surface area contributed by atoms with Crippen LogP contribution >= 0.6 is 12.4 Å². The maximum Gasteiger partial charge on any atom is 0.241 e. The van der Waals surface area contributed by atoms with Crippen LogP contribution in [0.3, 0.4) is 0 Å². The maximum atomic E-state index is 12.5. The lowest BCUT2D eigenvalue weighted by Crippen LogP contribution is -2.49. The van der Waals surface area contributed by atoms with Crippen LogP contribution in [0.2, 0.25) is 0 Å². The van der Waals surface area contributed by atoms with Gasteiger partial charge in [0.15, 0.2) is 0 Å². The fourth-order valence-electron chi connectivity index (χ4n) is 5.45. The number of nitrogens with zero attached hydrogens (tertiary/aromatic N) is 1. The second-order valence-corrected chi connectivity index (χ2v) is 8.67. The summed E-state index contributed by atoms with van der Waals surface area (Å²) in [5, 5.41) is 2.88. The molecule has 2 aliphatic carbocycles. The van der Waals surface area contributed by atoms with Crippen LogP contribution in [0, 0.1) is 23.7 Å². The number of fused-ring (bicyclic) bond motifs is 2. The normalized spacial score (nSPS) is 29.4. The second kappa shape index (κ2) is 9.27. The van der Waals surface area contributed by atoms with Crippen LogP contribution in [0.15, 0.2) is 30.3 Å². The second-order valence-electron chi connectivity index (χ2n) is 8.67. The lowest BCUT2D eigenvalue weighted by Gasteiger charge is -2.32. The number of hydrogen-bond donors (Lipinski definition) is 2. The fraction of sp³-hybridized carbons (Fsp3) is 0.636. The predicted octanol–water partition coefficient (Wildman–Crippen LogP) is 2.38. The van der Waals surface area contributed by atoms with Gasteiger partial charge in [-0.3, -0.25) is 9.59 Å². The molecule has 2 saturated carbocycles. The van der Waals surface area contributed by atoms with Crippen molar-refractivity contribution in [2.75, 3.05) is 19.6 Å². The standard InChI is InChI=1S/C22H31N3O2.ClH/c23-21-18-7-6-17(13-18)20(21)22(27)24-14-19(26)25-10-8-16(9-11-25)12-15-4-2-1-3-5-15;/h1-5,16-18,20-21H,6-14,23H2,(H,24,27);1H. The number of halogens is 1. The molecule has 5 nitrogen and oxygen atoms in total. The van der Waals surface area contributed by atoms with Crippen molar-refractivity contribution in [2.45, 2.75) is 44.6 Å². The minimum absolute atomic E-state index is 0. The smallest absolute Gasteiger partial charge is 0.241 e. The quantitative estimate of drug-likeness (QED) is 0.789. The Bertz CT molecular complexity index is 674. The highest BCUT2D eigenvalue weighted by atomic mass is 35.5. The summed E-state index contributed by atoms with van der Waals surface area (Å²) in [5.74, 6) is 1.51. The average Bonchev–Trinajstić information content (AvgIpc) is 3.28. The van der Waals surface area contributed by atoms with Crippen molar-refractivity contribution in [2.24, 2.45) is 29.4 Å². The van der Waals surface area contributed by atoms with E-state index in [1.807, 2.05) is 11.0 Å². The van der Waals surface area contributed by atoms with Crippen LogP contribution < -0.4 is 11.1 Å². The third kappa shape index (κ3) is 4.52. The molecule has 6 heteroatoms. The summed E-state index contributed by atoms with van der Waals surface area (Å²) in [4.78, 5) is 26.9. The maximum absolute atomic E-state index is 12.5. The van der Waals surface area contributed by atoms with Crippen molar-refractivity contribution in [3.8, 4) is 0 Å². The topological polar surface area (TPSA) is 75.4 Å². The largest absolute Gasteiger partial charge is 0.347 e. The minimum atomic E-state index is -0.0897. The zero-order valence-electron chi connectivity index (χ0n) is 16.4. The van der Waals surface area contributed by atoms with Gasteiger partial charge < -0.3 is 16.0 Å². The van der Waals surface area contributed by atoms with Gasteiger partial charge in [0.25, 0.3) is 0 Å². The Kier molecular flexibility index (Phi) is 7.00. The number of piperidine rings is 1. The SMILES string of the molecule is Cl.NC1C2CCC(C2)C1C(=O)NCC(=O)N1CCC(Cc2ccccc2)CC1. The predicted molar refractivity (Wildman–Crippen MR) is 112 cm³/mol. The number of carbonyl (C=O) groups excluding carboxylic acids is 2. The van der Waals surface area contributed by atoms with E-state index in [-0.39, 0.29) is 42.7 Å². The van der Waals surface area contributed by atoms with E-state index in [2.05, 4.69) is 29.6 Å². The van der Waals surface area contributed by atoms with Gasteiger partial charge in [0.1, 0.15) is 0 Å². The van der Waals surface area contributed by atoms with E-state index < -0.39 is 0 Å². The molecule has 28 heavy (non-hydrogen) atoms.